The molecule has 1 aromatic heterocycles. The second-order valence-corrected chi connectivity index (χ2v) is 6.93. The van der Waals surface area contributed by atoms with Gasteiger partial charge in [0.25, 0.3) is 0 Å². The van der Waals surface area contributed by atoms with Crippen molar-refractivity contribution in [3.63, 3.8) is 0 Å². The zero-order valence-electron chi connectivity index (χ0n) is 16.0. The fourth-order valence-corrected chi connectivity index (χ4v) is 3.02. The summed E-state index contributed by atoms with van der Waals surface area (Å²) in [5.74, 6) is 0.799. The molecule has 7 nitrogen and oxygen atoms in total. The van der Waals surface area contributed by atoms with E-state index in [9.17, 15) is 9.59 Å². The smallest absolute Gasteiger partial charge is 0.411 e. The molecule has 3 rings (SSSR count). The number of hydrogen-bond acceptors (Lipinski definition) is 6. The van der Waals surface area contributed by atoms with E-state index in [2.05, 4.69) is 10.3 Å². The molecule has 3 aromatic rings. The highest BCUT2D eigenvalue weighted by atomic mass is 35.5. The van der Waals surface area contributed by atoms with Crippen molar-refractivity contribution in [3.8, 4) is 17.1 Å². The lowest BCUT2D eigenvalue weighted by Gasteiger charge is -2.07. The van der Waals surface area contributed by atoms with Crippen molar-refractivity contribution >= 4 is 41.0 Å². The van der Waals surface area contributed by atoms with Crippen molar-refractivity contribution in [2.75, 3.05) is 11.9 Å². The molecule has 0 spiro atoms. The molecule has 2 aromatic carbocycles. The minimum atomic E-state index is -0.549. The molecular weight excluding hydrogens is 431 g/mol. The van der Waals surface area contributed by atoms with Crippen LogP contribution in [-0.4, -0.2) is 23.7 Å². The SMILES string of the molecule is CCOC(=O)Nc1ccc(OC(=O)CCc2ncc(-c3ccc(Cl)cc3Cl)o2)cc1. The number of aryl methyl sites for hydroxylation is 1. The predicted molar refractivity (Wildman–Crippen MR) is 113 cm³/mol. The summed E-state index contributed by atoms with van der Waals surface area (Å²) in [4.78, 5) is 27.6. The van der Waals surface area contributed by atoms with E-state index in [1.165, 1.54) is 0 Å². The number of amides is 1. The van der Waals surface area contributed by atoms with Gasteiger partial charge in [0, 0.05) is 22.7 Å². The van der Waals surface area contributed by atoms with E-state index >= 15 is 0 Å². The Kier molecular flexibility index (Phi) is 7.32. The van der Waals surface area contributed by atoms with E-state index in [4.69, 9.17) is 37.1 Å². The van der Waals surface area contributed by atoms with Gasteiger partial charge in [-0.15, -0.1) is 0 Å². The number of oxazole rings is 1. The van der Waals surface area contributed by atoms with Gasteiger partial charge in [-0.1, -0.05) is 23.2 Å². The van der Waals surface area contributed by atoms with Crippen LogP contribution in [0.4, 0.5) is 10.5 Å². The number of halogens is 2. The Bertz CT molecular complexity index is 1030. The van der Waals surface area contributed by atoms with Crippen LogP contribution in [0, 0.1) is 0 Å². The van der Waals surface area contributed by atoms with Crippen molar-refractivity contribution in [3.05, 3.63) is 64.6 Å². The first-order valence-electron chi connectivity index (χ1n) is 9.09. The first kappa shape index (κ1) is 21.7. The maximum absolute atomic E-state index is 12.1. The molecule has 30 heavy (non-hydrogen) atoms. The van der Waals surface area contributed by atoms with Gasteiger partial charge in [0.1, 0.15) is 5.75 Å². The largest absolute Gasteiger partial charge is 0.450 e. The zero-order chi connectivity index (χ0) is 21.5. The molecule has 0 aliphatic carbocycles. The summed E-state index contributed by atoms with van der Waals surface area (Å²) in [5.41, 5.74) is 1.19. The standard InChI is InChI=1S/C21H18Cl2N2O5/c1-2-28-21(27)25-14-4-6-15(7-5-14)29-20(26)10-9-19-24-12-18(30-19)16-8-3-13(22)11-17(16)23/h3-8,11-12H,2,9-10H2,1H3,(H,25,27). The molecule has 0 atom stereocenters. The highest BCUT2D eigenvalue weighted by molar-refractivity contribution is 6.36. The maximum Gasteiger partial charge on any atom is 0.411 e. The Hall–Kier alpha value is -3.03. The van der Waals surface area contributed by atoms with Gasteiger partial charge >= 0.3 is 12.1 Å². The number of esters is 1. The summed E-state index contributed by atoms with van der Waals surface area (Å²) in [6.07, 6.45) is 1.35. The summed E-state index contributed by atoms with van der Waals surface area (Å²) in [6.45, 7) is 1.99. The lowest BCUT2D eigenvalue weighted by Crippen LogP contribution is -2.13. The molecule has 0 saturated carbocycles. The minimum Gasteiger partial charge on any atom is -0.450 e. The monoisotopic (exact) mass is 448 g/mol. The molecule has 0 saturated heterocycles. The van der Waals surface area contributed by atoms with Crippen LogP contribution in [0.15, 0.2) is 53.1 Å². The molecule has 0 radical (unpaired) electrons. The van der Waals surface area contributed by atoms with Crippen molar-refractivity contribution < 1.29 is 23.5 Å². The van der Waals surface area contributed by atoms with Crippen LogP contribution in [0.3, 0.4) is 0 Å². The zero-order valence-corrected chi connectivity index (χ0v) is 17.5. The van der Waals surface area contributed by atoms with Crippen molar-refractivity contribution in [2.45, 2.75) is 19.8 Å². The van der Waals surface area contributed by atoms with E-state index in [0.29, 0.717) is 38.7 Å². The number of benzene rings is 2. The third kappa shape index (κ3) is 5.98. The first-order valence-corrected chi connectivity index (χ1v) is 9.85. The van der Waals surface area contributed by atoms with E-state index < -0.39 is 12.1 Å². The normalized spacial score (nSPS) is 10.5. The van der Waals surface area contributed by atoms with Crippen molar-refractivity contribution in [2.24, 2.45) is 0 Å². The van der Waals surface area contributed by atoms with Crippen LogP contribution in [0.1, 0.15) is 19.2 Å². The number of anilines is 1. The van der Waals surface area contributed by atoms with E-state index in [-0.39, 0.29) is 19.4 Å². The lowest BCUT2D eigenvalue weighted by atomic mass is 10.2. The molecular formula is C21H18Cl2N2O5. The molecule has 1 N–H and O–H groups in total. The molecule has 0 fully saturated rings. The average molecular weight is 449 g/mol. The summed E-state index contributed by atoms with van der Waals surface area (Å²) < 4.78 is 15.7. The molecule has 0 aliphatic heterocycles. The molecule has 1 amide bonds. The third-order valence-electron chi connectivity index (χ3n) is 3.90. The third-order valence-corrected chi connectivity index (χ3v) is 4.45. The highest BCUT2D eigenvalue weighted by Crippen LogP contribution is 2.30. The van der Waals surface area contributed by atoms with Gasteiger partial charge in [0.05, 0.1) is 24.2 Å². The predicted octanol–water partition coefficient (Wildman–Crippen LogP) is 5.76. The summed E-state index contributed by atoms with van der Waals surface area (Å²) in [7, 11) is 0. The topological polar surface area (TPSA) is 90.7 Å². The molecule has 0 aliphatic rings. The van der Waals surface area contributed by atoms with Crippen LogP contribution >= 0.6 is 23.2 Å². The van der Waals surface area contributed by atoms with Crippen LogP contribution < -0.4 is 10.1 Å². The Morgan fingerprint density at radius 2 is 1.90 bits per heavy atom. The van der Waals surface area contributed by atoms with Gasteiger partial charge in [-0.3, -0.25) is 10.1 Å². The number of carbonyl (C=O) groups is 2. The quantitative estimate of drug-likeness (QED) is 0.365. The fraction of sp³-hybridized carbons (Fsp3) is 0.190. The number of carbonyl (C=O) groups excluding carboxylic acids is 2. The number of nitrogens with zero attached hydrogens (tertiary/aromatic N) is 1. The first-order chi connectivity index (χ1) is 14.4. The van der Waals surface area contributed by atoms with Crippen molar-refractivity contribution in [1.29, 1.82) is 0 Å². The van der Waals surface area contributed by atoms with Crippen LogP contribution in [0.2, 0.25) is 10.0 Å². The van der Waals surface area contributed by atoms with E-state index in [1.54, 1.807) is 55.6 Å². The number of hydrogen-bond donors (Lipinski definition) is 1. The number of rotatable bonds is 7. The molecule has 0 unspecified atom stereocenters. The molecule has 0 bridgehead atoms. The highest BCUT2D eigenvalue weighted by Gasteiger charge is 2.13. The second-order valence-electron chi connectivity index (χ2n) is 6.09. The Labute approximate surface area is 182 Å². The van der Waals surface area contributed by atoms with E-state index in [0.717, 1.165) is 0 Å². The number of ether oxygens (including phenoxy) is 2. The Balaban J connectivity index is 1.51. The fourth-order valence-electron chi connectivity index (χ4n) is 2.52. The maximum atomic E-state index is 12.1. The van der Waals surface area contributed by atoms with Crippen molar-refractivity contribution in [1.82, 2.24) is 4.98 Å². The molecule has 156 valence electrons. The van der Waals surface area contributed by atoms with Gasteiger partial charge in [-0.2, -0.15) is 0 Å². The van der Waals surface area contributed by atoms with E-state index in [1.807, 2.05) is 0 Å². The van der Waals surface area contributed by atoms with Crippen LogP contribution in [0.5, 0.6) is 5.75 Å². The molecule has 1 heterocycles. The number of nitrogens with one attached hydrogen (secondary N) is 1. The molecule has 9 heteroatoms. The van der Waals surface area contributed by atoms with Gasteiger partial charge in [-0.05, 0) is 49.4 Å². The summed E-state index contributed by atoms with van der Waals surface area (Å²) in [5, 5.41) is 3.53. The van der Waals surface area contributed by atoms with Gasteiger partial charge in [-0.25, -0.2) is 9.78 Å². The second kappa shape index (κ2) is 10.1. The summed E-state index contributed by atoms with van der Waals surface area (Å²) >= 11 is 12.1. The lowest BCUT2D eigenvalue weighted by molar-refractivity contribution is -0.134. The Morgan fingerprint density at radius 3 is 2.60 bits per heavy atom. The van der Waals surface area contributed by atoms with Crippen LogP contribution in [-0.2, 0) is 16.0 Å². The Morgan fingerprint density at radius 1 is 1.13 bits per heavy atom. The number of aromatic nitrogens is 1. The minimum absolute atomic E-state index is 0.0805. The van der Waals surface area contributed by atoms with Gasteiger partial charge in [0.2, 0.25) is 0 Å². The van der Waals surface area contributed by atoms with Crippen LogP contribution in [0.25, 0.3) is 11.3 Å². The summed E-state index contributed by atoms with van der Waals surface area (Å²) in [6, 6.07) is 11.4. The van der Waals surface area contributed by atoms with Gasteiger partial charge < -0.3 is 13.9 Å². The van der Waals surface area contributed by atoms with Gasteiger partial charge in [0.15, 0.2) is 11.7 Å². The average Bonchev–Trinajstić information content (AvgIpc) is 3.17.